The maximum Gasteiger partial charge on any atom is 2.00 e. The summed E-state index contributed by atoms with van der Waals surface area (Å²) in [5.41, 5.74) is 1.38. The molecule has 0 saturated heterocycles. The second kappa shape index (κ2) is 9.26. The zero-order chi connectivity index (χ0) is 8.69. The van der Waals surface area contributed by atoms with Crippen molar-refractivity contribution in [1.29, 1.82) is 0 Å². The van der Waals surface area contributed by atoms with Crippen molar-refractivity contribution in [2.75, 3.05) is 0 Å². The van der Waals surface area contributed by atoms with E-state index < -0.39 is 0 Å². The van der Waals surface area contributed by atoms with Gasteiger partial charge in [0.25, 0.3) is 0 Å². The van der Waals surface area contributed by atoms with E-state index in [1.165, 1.54) is 5.56 Å². The fraction of sp³-hybridized carbons (Fsp3) is 0.300. The Labute approximate surface area is 94.0 Å². The van der Waals surface area contributed by atoms with Gasteiger partial charge in [-0.15, -0.1) is 0 Å². The van der Waals surface area contributed by atoms with E-state index in [9.17, 15) is 0 Å². The summed E-state index contributed by atoms with van der Waals surface area (Å²) >= 11 is 4.39. The van der Waals surface area contributed by atoms with Crippen molar-refractivity contribution in [3.8, 4) is 0 Å². The number of benzene rings is 1. The molecular weight excluding hydrogens is 262 g/mol. The van der Waals surface area contributed by atoms with E-state index in [4.69, 9.17) is 0 Å². The molecule has 0 aliphatic carbocycles. The average molecular weight is 275 g/mol. The molecule has 0 N–H and O–H groups in total. The summed E-state index contributed by atoms with van der Waals surface area (Å²) in [6.07, 6.45) is 2.72. The molecule has 70 valence electrons. The monoisotopic (exact) mass is 274 g/mol. The maximum atomic E-state index is 4.39. The van der Waals surface area contributed by atoms with Gasteiger partial charge in [0.05, 0.1) is 0 Å². The predicted octanol–water partition coefficient (Wildman–Crippen LogP) is 3.62. The zero-order valence-corrected chi connectivity index (χ0v) is 9.60. The molecule has 0 bridgehead atoms. The minimum absolute atomic E-state index is 0. The summed E-state index contributed by atoms with van der Waals surface area (Å²) in [7, 11) is 0. The third-order valence-electron chi connectivity index (χ3n) is 1.41. The molecular formula is C10H13ClPd. The Hall–Kier alpha value is 0.172. The molecule has 0 nitrogen and oxygen atoms in total. The van der Waals surface area contributed by atoms with E-state index >= 15 is 0 Å². The quantitative estimate of drug-likeness (QED) is 0.542. The van der Waals surface area contributed by atoms with Crippen molar-refractivity contribution in [2.24, 2.45) is 0 Å². The Morgan fingerprint density at radius 2 is 1.67 bits per heavy atom. The zero-order valence-electron chi connectivity index (χ0n) is 7.29. The first-order chi connectivity index (χ1) is 5.30. The molecule has 0 atom stereocenters. The Morgan fingerprint density at radius 3 is 1.92 bits per heavy atom. The summed E-state index contributed by atoms with van der Waals surface area (Å²) in [6.45, 7) is 4.38. The van der Waals surface area contributed by atoms with Crippen LogP contribution in [0, 0.1) is 12.4 Å². The summed E-state index contributed by atoms with van der Waals surface area (Å²) < 4.78 is 0. The van der Waals surface area contributed by atoms with Crippen molar-refractivity contribution in [2.45, 2.75) is 19.8 Å². The summed E-state index contributed by atoms with van der Waals surface area (Å²) in [4.78, 5) is 0. The van der Waals surface area contributed by atoms with E-state index in [2.05, 4.69) is 50.0 Å². The first kappa shape index (κ1) is 14.7. The molecule has 1 rings (SSSR count). The summed E-state index contributed by atoms with van der Waals surface area (Å²) in [5, 5.41) is 0. The second-order valence-electron chi connectivity index (χ2n) is 2.49. The van der Waals surface area contributed by atoms with E-state index in [0.29, 0.717) is 5.92 Å². The fourth-order valence-corrected chi connectivity index (χ4v) is 0.785. The van der Waals surface area contributed by atoms with Crippen LogP contribution in [0.4, 0.5) is 0 Å². The van der Waals surface area contributed by atoms with Crippen LogP contribution < -0.4 is 0 Å². The van der Waals surface area contributed by atoms with Crippen molar-refractivity contribution in [3.63, 3.8) is 0 Å². The van der Waals surface area contributed by atoms with Gasteiger partial charge in [0, 0.05) is 0 Å². The molecule has 0 aliphatic heterocycles. The third-order valence-corrected chi connectivity index (χ3v) is 1.41. The average Bonchev–Trinajstić information content (AvgIpc) is 2.10. The maximum absolute atomic E-state index is 4.39. The van der Waals surface area contributed by atoms with Crippen LogP contribution in [0.2, 0.25) is 0 Å². The molecule has 0 aliphatic rings. The minimum atomic E-state index is 0. The first-order valence-corrected chi connectivity index (χ1v) is 4.07. The van der Waals surface area contributed by atoms with Gasteiger partial charge in [-0.25, -0.2) is 0 Å². The molecule has 0 spiro atoms. The molecule has 0 saturated carbocycles. The molecule has 0 fully saturated rings. The predicted molar refractivity (Wildman–Crippen MR) is 50.6 cm³/mol. The largest absolute Gasteiger partial charge is 2.00 e. The van der Waals surface area contributed by atoms with Crippen LogP contribution in [-0.4, -0.2) is 0 Å². The van der Waals surface area contributed by atoms with Crippen LogP contribution in [-0.2, 0) is 20.4 Å². The van der Waals surface area contributed by atoms with Crippen LogP contribution >= 0.6 is 11.6 Å². The Morgan fingerprint density at radius 1 is 1.25 bits per heavy atom. The molecule has 0 aromatic heterocycles. The first-order valence-electron chi connectivity index (χ1n) is 3.53. The van der Waals surface area contributed by atoms with Crippen molar-refractivity contribution < 1.29 is 20.4 Å². The SMILES string of the molecule is CC(C)c1cc[c-]cc1.[CH2-]Cl.[Pd+2]. The third kappa shape index (κ3) is 5.78. The summed E-state index contributed by atoms with van der Waals surface area (Å²) in [6, 6.07) is 11.1. The molecule has 2 heteroatoms. The topological polar surface area (TPSA) is 0 Å². The van der Waals surface area contributed by atoms with Gasteiger partial charge < -0.3 is 11.6 Å². The number of hydrogen-bond acceptors (Lipinski definition) is 0. The van der Waals surface area contributed by atoms with Gasteiger partial charge in [-0.05, 0) is 5.92 Å². The van der Waals surface area contributed by atoms with Gasteiger partial charge in [0.2, 0.25) is 0 Å². The van der Waals surface area contributed by atoms with E-state index in [1.54, 1.807) is 0 Å². The normalized spacial score (nSPS) is 8.08. The van der Waals surface area contributed by atoms with E-state index in [1.807, 2.05) is 12.1 Å². The van der Waals surface area contributed by atoms with Crippen LogP contribution in [0.15, 0.2) is 24.3 Å². The number of rotatable bonds is 1. The minimum Gasteiger partial charge on any atom is -0.352 e. The van der Waals surface area contributed by atoms with Crippen molar-refractivity contribution in [1.82, 2.24) is 0 Å². The van der Waals surface area contributed by atoms with Gasteiger partial charge in [0.1, 0.15) is 0 Å². The van der Waals surface area contributed by atoms with Gasteiger partial charge in [-0.1, -0.05) is 13.8 Å². The molecule has 0 heterocycles. The van der Waals surface area contributed by atoms with Crippen LogP contribution in [0.3, 0.4) is 0 Å². The smallest absolute Gasteiger partial charge is 0.352 e. The molecule has 12 heavy (non-hydrogen) atoms. The Bertz CT molecular complexity index is 172. The van der Waals surface area contributed by atoms with Gasteiger partial charge in [-0.3, -0.25) is 6.38 Å². The fourth-order valence-electron chi connectivity index (χ4n) is 0.785. The van der Waals surface area contributed by atoms with Crippen LogP contribution in [0.5, 0.6) is 0 Å². The number of halogens is 1. The molecule has 0 amide bonds. The molecule has 0 unspecified atom stereocenters. The van der Waals surface area contributed by atoms with Crippen LogP contribution in [0.1, 0.15) is 25.3 Å². The molecule has 1 aromatic carbocycles. The van der Waals surface area contributed by atoms with Gasteiger partial charge in [-0.2, -0.15) is 35.9 Å². The van der Waals surface area contributed by atoms with Crippen molar-refractivity contribution >= 4 is 11.6 Å². The Balaban J connectivity index is 0. The van der Waals surface area contributed by atoms with E-state index in [-0.39, 0.29) is 20.4 Å². The van der Waals surface area contributed by atoms with Crippen molar-refractivity contribution in [3.05, 3.63) is 42.3 Å². The van der Waals surface area contributed by atoms with Gasteiger partial charge in [0.15, 0.2) is 0 Å². The summed E-state index contributed by atoms with van der Waals surface area (Å²) in [5.74, 6) is 0.639. The Kier molecular flexibility index (Phi) is 11.3. The number of hydrogen-bond donors (Lipinski definition) is 0. The second-order valence-corrected chi connectivity index (χ2v) is 2.49. The van der Waals surface area contributed by atoms with Gasteiger partial charge >= 0.3 is 20.4 Å². The molecule has 1 aromatic rings. The van der Waals surface area contributed by atoms with Crippen LogP contribution in [0.25, 0.3) is 0 Å². The molecule has 0 radical (unpaired) electrons. The van der Waals surface area contributed by atoms with E-state index in [0.717, 1.165) is 0 Å². The standard InChI is InChI=1S/C9H11.CH2Cl.Pd/c1-8(2)9-6-4-3-5-7-9;1-2;/h4-8H,1-2H3;1H2;/q2*-1;+2.